The average Bonchev–Trinajstić information content (AvgIpc) is 3.55. The first-order valence-electron chi connectivity index (χ1n) is 15.4. The Kier molecular flexibility index (Phi) is 5.89. The lowest BCUT2D eigenvalue weighted by Crippen LogP contribution is -1.91. The Balaban J connectivity index is 1.20. The second-order valence-corrected chi connectivity index (χ2v) is 11.7. The number of para-hydroxylation sites is 1. The molecule has 0 saturated heterocycles. The third-order valence-electron chi connectivity index (χ3n) is 9.05. The highest BCUT2D eigenvalue weighted by molar-refractivity contribution is 6.21. The van der Waals surface area contributed by atoms with Crippen LogP contribution in [0, 0.1) is 0 Å². The van der Waals surface area contributed by atoms with E-state index in [1.165, 1.54) is 65.7 Å². The van der Waals surface area contributed by atoms with Gasteiger partial charge in [0.05, 0.1) is 0 Å². The second kappa shape index (κ2) is 10.4. The molecule has 8 aromatic carbocycles. The first-order valence-corrected chi connectivity index (χ1v) is 15.4. The van der Waals surface area contributed by atoms with Gasteiger partial charge in [-0.05, 0) is 90.0 Å². The largest absolute Gasteiger partial charge is 0.456 e. The minimum atomic E-state index is 0.895. The maximum atomic E-state index is 6.17. The summed E-state index contributed by atoms with van der Waals surface area (Å²) in [5.41, 5.74) is 9.46. The van der Waals surface area contributed by atoms with Gasteiger partial charge in [0.2, 0.25) is 0 Å². The SMILES string of the molecule is c1ccc(-c2ccc(-c3c4ccccc4c(-c4ccc5cc(-c6cc7ccccc7o6)ccc5c4)c4ccccc34)cc2)cc1. The summed E-state index contributed by atoms with van der Waals surface area (Å²) in [5.74, 6) is 0.895. The maximum Gasteiger partial charge on any atom is 0.135 e. The lowest BCUT2D eigenvalue weighted by molar-refractivity contribution is 0.631. The van der Waals surface area contributed by atoms with Gasteiger partial charge in [-0.1, -0.05) is 146 Å². The third-order valence-corrected chi connectivity index (χ3v) is 9.05. The van der Waals surface area contributed by atoms with Crippen LogP contribution in [0.2, 0.25) is 0 Å². The van der Waals surface area contributed by atoms with Crippen molar-refractivity contribution in [1.82, 2.24) is 0 Å². The number of hydrogen-bond donors (Lipinski definition) is 0. The summed E-state index contributed by atoms with van der Waals surface area (Å²) in [4.78, 5) is 0. The van der Waals surface area contributed by atoms with Crippen molar-refractivity contribution in [3.63, 3.8) is 0 Å². The van der Waals surface area contributed by atoms with Crippen molar-refractivity contribution in [1.29, 1.82) is 0 Å². The van der Waals surface area contributed by atoms with Crippen LogP contribution >= 0.6 is 0 Å². The average molecular weight is 573 g/mol. The van der Waals surface area contributed by atoms with E-state index in [0.717, 1.165) is 22.3 Å². The van der Waals surface area contributed by atoms with Crippen LogP contribution in [-0.2, 0) is 0 Å². The monoisotopic (exact) mass is 572 g/mol. The molecular formula is C44H28O. The van der Waals surface area contributed by atoms with Crippen LogP contribution in [-0.4, -0.2) is 0 Å². The molecule has 210 valence electrons. The van der Waals surface area contributed by atoms with Gasteiger partial charge in [-0.15, -0.1) is 0 Å². The molecule has 0 N–H and O–H groups in total. The molecule has 0 spiro atoms. The van der Waals surface area contributed by atoms with Crippen molar-refractivity contribution in [2.45, 2.75) is 0 Å². The zero-order valence-electron chi connectivity index (χ0n) is 24.6. The van der Waals surface area contributed by atoms with Crippen LogP contribution in [0.4, 0.5) is 0 Å². The smallest absolute Gasteiger partial charge is 0.135 e. The first-order chi connectivity index (χ1) is 22.3. The zero-order chi connectivity index (χ0) is 29.7. The Labute approximate surface area is 261 Å². The Morgan fingerprint density at radius 1 is 0.289 bits per heavy atom. The highest BCUT2D eigenvalue weighted by Gasteiger charge is 2.17. The van der Waals surface area contributed by atoms with Gasteiger partial charge in [0.15, 0.2) is 0 Å². The summed E-state index contributed by atoms with van der Waals surface area (Å²) in [6, 6.07) is 61.1. The molecule has 0 aliphatic carbocycles. The summed E-state index contributed by atoms with van der Waals surface area (Å²) in [6.45, 7) is 0. The van der Waals surface area contributed by atoms with E-state index in [-0.39, 0.29) is 0 Å². The Bertz CT molecular complexity index is 2430. The van der Waals surface area contributed by atoms with Gasteiger partial charge in [0.1, 0.15) is 11.3 Å². The molecular weight excluding hydrogens is 544 g/mol. The Morgan fingerprint density at radius 3 is 1.40 bits per heavy atom. The van der Waals surface area contributed by atoms with Crippen LogP contribution in [0.15, 0.2) is 174 Å². The number of furan rings is 1. The van der Waals surface area contributed by atoms with Crippen molar-refractivity contribution in [2.75, 3.05) is 0 Å². The van der Waals surface area contributed by atoms with Crippen LogP contribution in [0.25, 0.3) is 88.0 Å². The van der Waals surface area contributed by atoms with E-state index in [9.17, 15) is 0 Å². The predicted octanol–water partition coefficient (Wildman–Crippen LogP) is 12.6. The van der Waals surface area contributed by atoms with E-state index >= 15 is 0 Å². The topological polar surface area (TPSA) is 13.1 Å². The molecule has 0 aliphatic heterocycles. The molecule has 0 radical (unpaired) electrons. The molecule has 1 heteroatoms. The van der Waals surface area contributed by atoms with Crippen molar-refractivity contribution >= 4 is 43.3 Å². The molecule has 45 heavy (non-hydrogen) atoms. The van der Waals surface area contributed by atoms with E-state index < -0.39 is 0 Å². The minimum absolute atomic E-state index is 0.895. The van der Waals surface area contributed by atoms with E-state index in [2.05, 4.69) is 152 Å². The van der Waals surface area contributed by atoms with Crippen molar-refractivity contribution < 1.29 is 4.42 Å². The summed E-state index contributed by atoms with van der Waals surface area (Å²) >= 11 is 0. The molecule has 0 saturated carbocycles. The van der Waals surface area contributed by atoms with Crippen molar-refractivity contribution in [2.24, 2.45) is 0 Å². The second-order valence-electron chi connectivity index (χ2n) is 11.7. The summed E-state index contributed by atoms with van der Waals surface area (Å²) < 4.78 is 6.17. The van der Waals surface area contributed by atoms with Gasteiger partial charge in [0.25, 0.3) is 0 Å². The molecule has 1 heterocycles. The van der Waals surface area contributed by atoms with E-state index in [1.807, 2.05) is 18.2 Å². The molecule has 0 unspecified atom stereocenters. The fourth-order valence-corrected chi connectivity index (χ4v) is 6.89. The quantitative estimate of drug-likeness (QED) is 0.191. The summed E-state index contributed by atoms with van der Waals surface area (Å²) in [7, 11) is 0. The van der Waals surface area contributed by atoms with Gasteiger partial charge < -0.3 is 4.42 Å². The van der Waals surface area contributed by atoms with Gasteiger partial charge in [0, 0.05) is 10.9 Å². The van der Waals surface area contributed by atoms with Gasteiger partial charge in [-0.3, -0.25) is 0 Å². The standard InChI is InChI=1S/C44H28O/c1-2-10-29(11-3-1)30-18-20-31(21-19-30)43-37-13-5-7-15-39(37)44(40-16-8-6-14-38(40)43)36-25-23-32-26-35(24-22-33(32)27-36)42-28-34-12-4-9-17-41(34)45-42/h1-28H. The van der Waals surface area contributed by atoms with Crippen LogP contribution in [0.1, 0.15) is 0 Å². The van der Waals surface area contributed by atoms with Crippen LogP contribution in [0.5, 0.6) is 0 Å². The van der Waals surface area contributed by atoms with Crippen LogP contribution < -0.4 is 0 Å². The Hall–Kier alpha value is -5.92. The van der Waals surface area contributed by atoms with Crippen LogP contribution in [0.3, 0.4) is 0 Å². The molecule has 9 rings (SSSR count). The highest BCUT2D eigenvalue weighted by atomic mass is 16.3. The van der Waals surface area contributed by atoms with E-state index in [1.54, 1.807) is 0 Å². The summed E-state index contributed by atoms with van der Waals surface area (Å²) in [5, 5.41) is 8.57. The highest BCUT2D eigenvalue weighted by Crippen LogP contribution is 2.44. The lowest BCUT2D eigenvalue weighted by atomic mass is 9.85. The molecule has 9 aromatic rings. The van der Waals surface area contributed by atoms with Gasteiger partial charge in [-0.25, -0.2) is 0 Å². The minimum Gasteiger partial charge on any atom is -0.456 e. The lowest BCUT2D eigenvalue weighted by Gasteiger charge is -2.18. The van der Waals surface area contributed by atoms with Crippen molar-refractivity contribution in [3.05, 3.63) is 170 Å². The zero-order valence-corrected chi connectivity index (χ0v) is 24.6. The fourth-order valence-electron chi connectivity index (χ4n) is 6.89. The Morgan fingerprint density at radius 2 is 0.756 bits per heavy atom. The number of fused-ring (bicyclic) bond motifs is 4. The van der Waals surface area contributed by atoms with Gasteiger partial charge >= 0.3 is 0 Å². The molecule has 1 aromatic heterocycles. The number of benzene rings is 8. The van der Waals surface area contributed by atoms with E-state index in [0.29, 0.717) is 0 Å². The number of hydrogen-bond acceptors (Lipinski definition) is 1. The molecule has 0 amide bonds. The normalized spacial score (nSPS) is 11.6. The maximum absolute atomic E-state index is 6.17. The predicted molar refractivity (Wildman–Crippen MR) is 190 cm³/mol. The molecule has 0 bridgehead atoms. The molecule has 1 nitrogen and oxygen atoms in total. The number of rotatable bonds is 4. The van der Waals surface area contributed by atoms with E-state index in [4.69, 9.17) is 4.42 Å². The fraction of sp³-hybridized carbons (Fsp3) is 0. The molecule has 0 fully saturated rings. The molecule has 0 atom stereocenters. The first kappa shape index (κ1) is 25.6. The summed E-state index contributed by atoms with van der Waals surface area (Å²) in [6.07, 6.45) is 0. The molecule has 0 aliphatic rings. The van der Waals surface area contributed by atoms with Crippen molar-refractivity contribution in [3.8, 4) is 44.7 Å². The van der Waals surface area contributed by atoms with Gasteiger partial charge in [-0.2, -0.15) is 0 Å². The third kappa shape index (κ3) is 4.32.